The molecule has 1 rings (SSSR count). The lowest BCUT2D eigenvalue weighted by Crippen LogP contribution is -1.87. The van der Waals surface area contributed by atoms with Crippen molar-refractivity contribution in [3.63, 3.8) is 0 Å². The van der Waals surface area contributed by atoms with Crippen LogP contribution in [0.2, 0.25) is 0 Å². The molecule has 1 atom stereocenters. The molecular formula is C14H22NO. The van der Waals surface area contributed by atoms with E-state index in [1.807, 2.05) is 30.4 Å². The second kappa shape index (κ2) is 9.99. The highest BCUT2D eigenvalue weighted by Crippen LogP contribution is 2.14. The van der Waals surface area contributed by atoms with Gasteiger partial charge in [0.2, 0.25) is 0 Å². The fourth-order valence-electron chi connectivity index (χ4n) is 1.07. The summed E-state index contributed by atoms with van der Waals surface area (Å²) in [5, 5.41) is 7.57. The number of rotatable bonds is 3. The molecule has 0 unspecified atom stereocenters. The molecule has 3 N–H and O–H groups in total. The first kappa shape index (κ1) is 14.5. The van der Waals surface area contributed by atoms with Crippen molar-refractivity contribution < 1.29 is 6.53 Å². The molecule has 0 aromatic heterocycles. The number of aliphatic hydroxyl groups excluding tert-OH is 1. The molecule has 89 valence electrons. The zero-order chi connectivity index (χ0) is 12.2. The number of allylic oxidation sites excluding steroid dienone is 3. The van der Waals surface area contributed by atoms with Crippen molar-refractivity contribution in [1.29, 1.82) is 0 Å². The van der Waals surface area contributed by atoms with Crippen LogP contribution in [0.5, 0.6) is 0 Å². The predicted molar refractivity (Wildman–Crippen MR) is 71.9 cm³/mol. The lowest BCUT2D eigenvalue weighted by Gasteiger charge is -2.04. The molecule has 0 bridgehead atoms. The van der Waals surface area contributed by atoms with Crippen molar-refractivity contribution in [2.24, 2.45) is 5.73 Å². The largest absolute Gasteiger partial charge is 0.405 e. The first-order valence-electron chi connectivity index (χ1n) is 5.30. The van der Waals surface area contributed by atoms with Crippen molar-refractivity contribution in [1.82, 2.24) is 0 Å². The predicted octanol–water partition coefficient (Wildman–Crippen LogP) is 2.88. The standard InChI is InChI=1S/C12H14N.C2H6O.H2/c1-11(7-5-6-10-13)12-8-3-2-4-9-12;1-2-3;/h2-11H,1,13H2;3H,2H2,1H3;1H/b7-5-,10-6+;;/t11-;;/m1../s1. The highest BCUT2D eigenvalue weighted by atomic mass is 16.2. The molecule has 0 spiro atoms. The van der Waals surface area contributed by atoms with Crippen LogP contribution < -0.4 is 5.73 Å². The van der Waals surface area contributed by atoms with Gasteiger partial charge in [-0.05, 0) is 31.7 Å². The third-order valence-corrected chi connectivity index (χ3v) is 1.79. The zero-order valence-electron chi connectivity index (χ0n) is 9.71. The number of hydrogen-bond donors (Lipinski definition) is 2. The zero-order valence-corrected chi connectivity index (χ0v) is 9.71. The highest BCUT2D eigenvalue weighted by molar-refractivity contribution is 5.25. The summed E-state index contributed by atoms with van der Waals surface area (Å²) in [7, 11) is 0. The first-order valence-corrected chi connectivity index (χ1v) is 5.30. The van der Waals surface area contributed by atoms with Crippen LogP contribution in [0.3, 0.4) is 0 Å². The molecule has 0 aliphatic carbocycles. The Morgan fingerprint density at radius 2 is 1.94 bits per heavy atom. The molecule has 0 amide bonds. The van der Waals surface area contributed by atoms with Crippen LogP contribution in [0.25, 0.3) is 0 Å². The molecular weight excluding hydrogens is 198 g/mol. The maximum atomic E-state index is 7.57. The summed E-state index contributed by atoms with van der Waals surface area (Å²) in [6, 6.07) is 10.2. The summed E-state index contributed by atoms with van der Waals surface area (Å²) in [6.45, 7) is 5.95. The molecule has 1 radical (unpaired) electrons. The Hall–Kier alpha value is -1.54. The lowest BCUT2D eigenvalue weighted by molar-refractivity contribution is 0.318. The molecule has 0 heterocycles. The molecule has 0 aliphatic rings. The van der Waals surface area contributed by atoms with Crippen LogP contribution in [-0.4, -0.2) is 11.7 Å². The van der Waals surface area contributed by atoms with E-state index in [0.717, 1.165) is 0 Å². The van der Waals surface area contributed by atoms with E-state index in [0.29, 0.717) is 0 Å². The Morgan fingerprint density at radius 3 is 2.44 bits per heavy atom. The SMILES string of the molecule is CCO.[CH2][C@H](/C=C\C=C\N)c1ccccc1.[HH]. The van der Waals surface area contributed by atoms with E-state index in [1.165, 1.54) is 11.8 Å². The Morgan fingerprint density at radius 1 is 1.38 bits per heavy atom. The van der Waals surface area contributed by atoms with Crippen molar-refractivity contribution in [2.45, 2.75) is 12.8 Å². The monoisotopic (exact) mass is 220 g/mol. The van der Waals surface area contributed by atoms with Gasteiger partial charge in [0.05, 0.1) is 0 Å². The maximum Gasteiger partial charge on any atom is 0.0402 e. The van der Waals surface area contributed by atoms with Crippen molar-refractivity contribution in [3.8, 4) is 0 Å². The molecule has 1 aromatic rings. The van der Waals surface area contributed by atoms with Crippen molar-refractivity contribution in [3.05, 3.63) is 67.2 Å². The van der Waals surface area contributed by atoms with Gasteiger partial charge in [0.1, 0.15) is 0 Å². The lowest BCUT2D eigenvalue weighted by atomic mass is 10.0. The summed E-state index contributed by atoms with van der Waals surface area (Å²) in [5.74, 6) is 0.192. The second-order valence-corrected chi connectivity index (χ2v) is 3.10. The summed E-state index contributed by atoms with van der Waals surface area (Å²) in [6.07, 6.45) is 7.22. The number of aliphatic hydroxyl groups is 1. The van der Waals surface area contributed by atoms with Crippen LogP contribution in [0.1, 0.15) is 19.8 Å². The highest BCUT2D eigenvalue weighted by Gasteiger charge is 1.97. The molecule has 2 heteroatoms. The Kier molecular flexibility index (Phi) is 9.03. The van der Waals surface area contributed by atoms with E-state index >= 15 is 0 Å². The smallest absolute Gasteiger partial charge is 0.0402 e. The number of hydrogen-bond acceptors (Lipinski definition) is 2. The van der Waals surface area contributed by atoms with Crippen LogP contribution in [0.4, 0.5) is 0 Å². The molecule has 2 nitrogen and oxygen atoms in total. The second-order valence-electron chi connectivity index (χ2n) is 3.10. The average Bonchev–Trinajstić information content (AvgIpc) is 2.31. The average molecular weight is 220 g/mol. The summed E-state index contributed by atoms with van der Waals surface area (Å²) >= 11 is 0. The molecule has 0 aliphatic heterocycles. The van der Waals surface area contributed by atoms with Gasteiger partial charge in [-0.2, -0.15) is 0 Å². The van der Waals surface area contributed by atoms with Crippen molar-refractivity contribution in [2.75, 3.05) is 6.61 Å². The topological polar surface area (TPSA) is 46.2 Å². The van der Waals surface area contributed by atoms with E-state index in [1.54, 1.807) is 13.0 Å². The third kappa shape index (κ3) is 6.85. The summed E-state index contributed by atoms with van der Waals surface area (Å²) < 4.78 is 0. The maximum absolute atomic E-state index is 7.57. The fourth-order valence-corrected chi connectivity index (χ4v) is 1.07. The minimum absolute atomic E-state index is 0. The summed E-state index contributed by atoms with van der Waals surface area (Å²) in [5.41, 5.74) is 6.41. The van der Waals surface area contributed by atoms with Crippen molar-refractivity contribution >= 4 is 0 Å². The van der Waals surface area contributed by atoms with Gasteiger partial charge in [-0.3, -0.25) is 0 Å². The third-order valence-electron chi connectivity index (χ3n) is 1.79. The molecule has 0 saturated carbocycles. The van der Waals surface area contributed by atoms with Gasteiger partial charge in [-0.1, -0.05) is 42.5 Å². The minimum Gasteiger partial charge on any atom is -0.405 e. The van der Waals surface area contributed by atoms with Crippen LogP contribution in [0, 0.1) is 6.92 Å². The van der Waals surface area contributed by atoms with Crippen LogP contribution in [-0.2, 0) is 0 Å². The van der Waals surface area contributed by atoms with E-state index < -0.39 is 0 Å². The van der Waals surface area contributed by atoms with E-state index in [9.17, 15) is 0 Å². The Balaban J connectivity index is 0. The Labute approximate surface area is 99.6 Å². The molecule has 16 heavy (non-hydrogen) atoms. The van der Waals surface area contributed by atoms with Gasteiger partial charge < -0.3 is 10.8 Å². The normalized spacial score (nSPS) is 12.4. The minimum atomic E-state index is 0. The van der Waals surface area contributed by atoms with Gasteiger partial charge in [-0.15, -0.1) is 0 Å². The quantitative estimate of drug-likeness (QED) is 0.769. The molecule has 1 aromatic carbocycles. The van der Waals surface area contributed by atoms with Gasteiger partial charge >= 0.3 is 0 Å². The van der Waals surface area contributed by atoms with E-state index in [-0.39, 0.29) is 14.0 Å². The summed E-state index contributed by atoms with van der Waals surface area (Å²) in [4.78, 5) is 0. The Bertz CT molecular complexity index is 309. The van der Waals surface area contributed by atoms with E-state index in [2.05, 4.69) is 19.1 Å². The first-order chi connectivity index (χ1) is 7.76. The number of nitrogens with two attached hydrogens (primary N) is 1. The van der Waals surface area contributed by atoms with E-state index in [4.69, 9.17) is 10.8 Å². The van der Waals surface area contributed by atoms with Crippen LogP contribution in [0.15, 0.2) is 54.8 Å². The fraction of sp³-hybridized carbons (Fsp3) is 0.214. The number of benzene rings is 1. The van der Waals surface area contributed by atoms with Crippen LogP contribution >= 0.6 is 0 Å². The van der Waals surface area contributed by atoms with Gasteiger partial charge in [0.25, 0.3) is 0 Å². The van der Waals surface area contributed by atoms with Gasteiger partial charge in [0, 0.05) is 14.0 Å². The molecule has 0 fully saturated rings. The van der Waals surface area contributed by atoms with Gasteiger partial charge in [0.15, 0.2) is 0 Å². The molecule has 0 saturated heterocycles. The van der Waals surface area contributed by atoms with Gasteiger partial charge in [-0.25, -0.2) is 0 Å².